The van der Waals surface area contributed by atoms with Crippen molar-refractivity contribution in [1.29, 1.82) is 10.5 Å². The Balaban J connectivity index is 1.63. The first-order valence-electron chi connectivity index (χ1n) is 12.3. The Kier molecular flexibility index (Phi) is 6.33. The molecule has 9 nitrogen and oxygen atoms in total. The predicted octanol–water partition coefficient (Wildman–Crippen LogP) is 3.73. The van der Waals surface area contributed by atoms with Gasteiger partial charge in [0.05, 0.1) is 33.5 Å². The van der Waals surface area contributed by atoms with Gasteiger partial charge in [0.1, 0.15) is 20.0 Å². The fourth-order valence-corrected chi connectivity index (χ4v) is 4.30. The molecule has 1 atom stereocenters. The molecule has 1 aliphatic heterocycles. The Morgan fingerprint density at radius 2 is 1.89 bits per heavy atom. The molecule has 0 amide bonds. The smallest absolute Gasteiger partial charge is 0.212 e. The third kappa shape index (κ3) is 4.93. The van der Waals surface area contributed by atoms with Crippen molar-refractivity contribution < 1.29 is 4.39 Å². The van der Waals surface area contributed by atoms with Crippen LogP contribution in [-0.4, -0.2) is 35.4 Å². The molecule has 3 aromatic rings. The van der Waals surface area contributed by atoms with E-state index in [2.05, 4.69) is 64.5 Å². The van der Waals surface area contributed by atoms with E-state index in [4.69, 9.17) is 7.85 Å². The van der Waals surface area contributed by atoms with Gasteiger partial charge in [-0.3, -0.25) is 9.99 Å². The standard InChI is InChI=1S/C27H27BFN9/c1-26(2,3)15-34-25-17(11-31)12-33-24-16(10-30)8-19(9-21(24)25)35-27(28,18-4-7-23(29)32-13-18)22-14-38(37-36-22)20-5-6-20/h4,7-9,12-14,20,35-37H,5-6,15H2,1-3H3,(H,33,34). The van der Waals surface area contributed by atoms with Gasteiger partial charge in [-0.05, 0) is 42.0 Å². The van der Waals surface area contributed by atoms with Crippen LogP contribution in [0.1, 0.15) is 50.3 Å². The number of benzene rings is 1. The number of hydrazine groups is 2. The number of pyridine rings is 2. The number of fused-ring (bicyclic) bond motifs is 1. The number of nitrogens with zero attached hydrogens (tertiary/aromatic N) is 5. The molecule has 3 heterocycles. The highest BCUT2D eigenvalue weighted by molar-refractivity contribution is 6.19. The second-order valence-corrected chi connectivity index (χ2v) is 10.8. The summed E-state index contributed by atoms with van der Waals surface area (Å²) in [5.74, 6) is -0.621. The summed E-state index contributed by atoms with van der Waals surface area (Å²) in [6.45, 7) is 6.86. The maximum absolute atomic E-state index is 13.7. The summed E-state index contributed by atoms with van der Waals surface area (Å²) in [7, 11) is 7.00. The normalized spacial score (nSPS) is 16.7. The van der Waals surface area contributed by atoms with Gasteiger partial charge in [-0.2, -0.15) is 14.9 Å². The van der Waals surface area contributed by atoms with Crippen molar-refractivity contribution >= 4 is 30.1 Å². The minimum atomic E-state index is -1.36. The Bertz CT molecular complexity index is 1500. The van der Waals surface area contributed by atoms with Crippen LogP contribution in [0.15, 0.2) is 48.6 Å². The van der Waals surface area contributed by atoms with Gasteiger partial charge in [0.15, 0.2) is 0 Å². The molecule has 1 unspecified atom stereocenters. The van der Waals surface area contributed by atoms with Crippen LogP contribution in [0.4, 0.5) is 15.8 Å². The highest BCUT2D eigenvalue weighted by Gasteiger charge is 2.38. The molecule has 1 aliphatic carbocycles. The number of aromatic nitrogens is 2. The van der Waals surface area contributed by atoms with Crippen molar-refractivity contribution in [2.45, 2.75) is 45.1 Å². The minimum absolute atomic E-state index is 0.0563. The van der Waals surface area contributed by atoms with Crippen LogP contribution in [0.3, 0.4) is 0 Å². The lowest BCUT2D eigenvalue weighted by atomic mass is 9.70. The molecule has 2 aromatic heterocycles. The number of rotatable bonds is 7. The van der Waals surface area contributed by atoms with Crippen molar-refractivity contribution in [3.05, 3.63) is 71.2 Å². The van der Waals surface area contributed by atoms with E-state index in [0.717, 1.165) is 12.8 Å². The van der Waals surface area contributed by atoms with E-state index in [1.807, 2.05) is 17.3 Å². The topological polar surface area (TPSA) is 125 Å². The SMILES string of the molecule is [B]C(Nc1cc(C#N)c2ncc(C#N)c(NCC(C)(C)C)c2c1)(C1=CN(C2CC2)NN1)c1ccc(F)nc1. The number of hydrogen-bond acceptors (Lipinski definition) is 9. The Morgan fingerprint density at radius 1 is 1.13 bits per heavy atom. The molecular formula is C27H27BFN9. The number of hydrogen-bond donors (Lipinski definition) is 4. The van der Waals surface area contributed by atoms with Gasteiger partial charge in [0.2, 0.25) is 5.95 Å². The van der Waals surface area contributed by atoms with Crippen LogP contribution >= 0.6 is 0 Å². The molecule has 0 saturated heterocycles. The van der Waals surface area contributed by atoms with E-state index in [0.29, 0.717) is 57.3 Å². The van der Waals surface area contributed by atoms with E-state index in [1.165, 1.54) is 18.5 Å². The molecular weight excluding hydrogens is 480 g/mol. The third-order valence-corrected chi connectivity index (χ3v) is 6.48. The van der Waals surface area contributed by atoms with Crippen LogP contribution < -0.4 is 21.6 Å². The second kappa shape index (κ2) is 9.51. The zero-order valence-corrected chi connectivity index (χ0v) is 21.4. The van der Waals surface area contributed by atoms with Gasteiger partial charge in [0.25, 0.3) is 0 Å². The predicted molar refractivity (Wildman–Crippen MR) is 144 cm³/mol. The van der Waals surface area contributed by atoms with Crippen molar-refractivity contribution in [3.63, 3.8) is 0 Å². The summed E-state index contributed by atoms with van der Waals surface area (Å²) in [6.07, 6.45) is 6.87. The Labute approximate surface area is 222 Å². The summed E-state index contributed by atoms with van der Waals surface area (Å²) in [4.78, 5) is 8.22. The average molecular weight is 507 g/mol. The summed E-state index contributed by atoms with van der Waals surface area (Å²) in [5, 5.41) is 29.0. The van der Waals surface area contributed by atoms with E-state index in [-0.39, 0.29) is 5.41 Å². The minimum Gasteiger partial charge on any atom is -0.383 e. The van der Waals surface area contributed by atoms with Crippen molar-refractivity contribution in [2.75, 3.05) is 17.2 Å². The van der Waals surface area contributed by atoms with Crippen LogP contribution in [0.25, 0.3) is 10.9 Å². The van der Waals surface area contributed by atoms with Gasteiger partial charge in [-0.15, -0.1) is 5.53 Å². The molecule has 0 bridgehead atoms. The molecule has 0 spiro atoms. The Morgan fingerprint density at radius 3 is 2.53 bits per heavy atom. The lowest BCUT2D eigenvalue weighted by molar-refractivity contribution is 0.260. The first-order chi connectivity index (χ1) is 18.1. The average Bonchev–Trinajstić information content (AvgIpc) is 3.62. The van der Waals surface area contributed by atoms with Gasteiger partial charge in [-0.25, -0.2) is 4.98 Å². The highest BCUT2D eigenvalue weighted by Crippen LogP contribution is 2.37. The summed E-state index contributed by atoms with van der Waals surface area (Å²) in [5.41, 5.74) is 8.19. The van der Waals surface area contributed by atoms with E-state index < -0.39 is 11.4 Å². The molecule has 2 radical (unpaired) electrons. The third-order valence-electron chi connectivity index (χ3n) is 6.48. The van der Waals surface area contributed by atoms with Crippen LogP contribution in [-0.2, 0) is 5.44 Å². The summed E-state index contributed by atoms with van der Waals surface area (Å²) >= 11 is 0. The zero-order chi connectivity index (χ0) is 27.1. The lowest BCUT2D eigenvalue weighted by Crippen LogP contribution is -2.45. The molecule has 2 aliphatic rings. The van der Waals surface area contributed by atoms with Crippen molar-refractivity contribution in [1.82, 2.24) is 25.9 Å². The van der Waals surface area contributed by atoms with Crippen LogP contribution in [0.2, 0.25) is 0 Å². The van der Waals surface area contributed by atoms with Crippen molar-refractivity contribution in [3.8, 4) is 12.1 Å². The van der Waals surface area contributed by atoms with Crippen LogP contribution in [0, 0.1) is 34.0 Å². The zero-order valence-electron chi connectivity index (χ0n) is 21.4. The molecule has 1 saturated carbocycles. The molecule has 38 heavy (non-hydrogen) atoms. The fraction of sp³-hybridized carbons (Fsp3) is 0.333. The number of halogens is 1. The highest BCUT2D eigenvalue weighted by atomic mass is 19.1. The van der Waals surface area contributed by atoms with Crippen molar-refractivity contribution in [2.24, 2.45) is 5.41 Å². The maximum Gasteiger partial charge on any atom is 0.212 e. The first kappa shape index (κ1) is 25.3. The van der Waals surface area contributed by atoms with Gasteiger partial charge in [-0.1, -0.05) is 26.8 Å². The molecule has 1 aromatic carbocycles. The number of nitriles is 2. The Hall–Kier alpha value is -4.35. The molecule has 4 N–H and O–H groups in total. The lowest BCUT2D eigenvalue weighted by Gasteiger charge is -2.34. The molecule has 5 rings (SSSR count). The van der Waals surface area contributed by atoms with Gasteiger partial charge < -0.3 is 16.1 Å². The van der Waals surface area contributed by atoms with E-state index in [1.54, 1.807) is 12.1 Å². The van der Waals surface area contributed by atoms with E-state index >= 15 is 0 Å². The summed E-state index contributed by atoms with van der Waals surface area (Å²) < 4.78 is 13.7. The van der Waals surface area contributed by atoms with Gasteiger partial charge >= 0.3 is 0 Å². The fourth-order valence-electron chi connectivity index (χ4n) is 4.30. The number of nitrogens with one attached hydrogen (secondary N) is 4. The molecule has 1 fully saturated rings. The summed E-state index contributed by atoms with van der Waals surface area (Å²) in [6, 6.07) is 11.1. The largest absolute Gasteiger partial charge is 0.383 e. The van der Waals surface area contributed by atoms with Gasteiger partial charge in [0, 0.05) is 42.3 Å². The monoisotopic (exact) mass is 507 g/mol. The van der Waals surface area contributed by atoms with Crippen LogP contribution in [0.5, 0.6) is 0 Å². The molecule has 190 valence electrons. The molecule has 11 heteroatoms. The first-order valence-corrected chi connectivity index (χ1v) is 12.3. The second-order valence-electron chi connectivity index (χ2n) is 10.8. The van der Waals surface area contributed by atoms with E-state index in [9.17, 15) is 14.9 Å². The number of anilines is 2. The maximum atomic E-state index is 13.7. The quantitative estimate of drug-likeness (QED) is 0.280.